The zero-order chi connectivity index (χ0) is 27.0. The second-order valence-electron chi connectivity index (χ2n) is 9.79. The summed E-state index contributed by atoms with van der Waals surface area (Å²) in [5.74, 6) is -3.00. The summed E-state index contributed by atoms with van der Waals surface area (Å²) in [4.78, 5) is 34.9. The van der Waals surface area contributed by atoms with Crippen LogP contribution in [0.15, 0.2) is 91.0 Å². The average Bonchev–Trinajstić information content (AvgIpc) is 2.93. The van der Waals surface area contributed by atoms with E-state index in [0.717, 1.165) is 64.6 Å². The van der Waals surface area contributed by atoms with Crippen molar-refractivity contribution in [1.29, 1.82) is 0 Å². The van der Waals surface area contributed by atoms with Gasteiger partial charge in [-0.25, -0.2) is 14.4 Å². The summed E-state index contributed by atoms with van der Waals surface area (Å²) in [5, 5.41) is 39.3. The Balaban J connectivity index is 1.69. The number of fused-ring (bicyclic) bond motifs is 9. The highest BCUT2D eigenvalue weighted by atomic mass is 16.4. The molecule has 0 unspecified atom stereocenters. The van der Waals surface area contributed by atoms with E-state index < -0.39 is 17.9 Å². The highest BCUT2D eigenvalue weighted by molar-refractivity contribution is 6.30. The van der Waals surface area contributed by atoms with Gasteiger partial charge in [-0.15, -0.1) is 0 Å². The first kappa shape index (κ1) is 22.7. The van der Waals surface area contributed by atoms with Gasteiger partial charge in [0.2, 0.25) is 0 Å². The molecule has 6 nitrogen and oxygen atoms in total. The Morgan fingerprint density at radius 1 is 0.333 bits per heavy atom. The predicted octanol–water partition coefficient (Wildman–Crippen LogP) is 7.70. The highest BCUT2D eigenvalue weighted by Gasteiger charge is 2.15. The van der Waals surface area contributed by atoms with Crippen molar-refractivity contribution in [2.45, 2.75) is 0 Å². The molecule has 0 aliphatic carbocycles. The molecule has 6 heteroatoms. The fraction of sp³-hybridized carbons (Fsp3) is 0. The van der Waals surface area contributed by atoms with Crippen LogP contribution in [0.25, 0.3) is 64.6 Å². The molecule has 0 radical (unpaired) electrons. The number of hydrogen-bond donors (Lipinski definition) is 3. The van der Waals surface area contributed by atoms with Crippen molar-refractivity contribution in [2.24, 2.45) is 0 Å². The zero-order valence-corrected chi connectivity index (χ0v) is 20.2. The van der Waals surface area contributed by atoms with E-state index in [2.05, 4.69) is 6.07 Å². The molecule has 0 spiro atoms. The summed E-state index contributed by atoms with van der Waals surface area (Å²) in [6.07, 6.45) is 0. The molecule has 7 aromatic rings. The average molecular weight is 511 g/mol. The molecule has 0 bridgehead atoms. The molecule has 0 fully saturated rings. The molecule has 0 saturated heterocycles. The first-order valence-electron chi connectivity index (χ1n) is 12.2. The second kappa shape index (κ2) is 8.00. The molecule has 186 valence electrons. The minimum absolute atomic E-state index is 0.190. The molecule has 0 heterocycles. The van der Waals surface area contributed by atoms with Crippen LogP contribution in [0.5, 0.6) is 0 Å². The summed E-state index contributed by atoms with van der Waals surface area (Å²) in [5.41, 5.74) is 0.596. The third-order valence-corrected chi connectivity index (χ3v) is 7.54. The summed E-state index contributed by atoms with van der Waals surface area (Å²) < 4.78 is 0. The molecule has 0 aliphatic rings. The number of carbonyl (C=O) groups is 3. The maximum atomic E-state index is 11.6. The Kier molecular flexibility index (Phi) is 4.66. The SMILES string of the molecule is O=C(O)c1ccc2cc3c4cc5ccc(C(=O)O)cc5cc4c4cc5cc(C(=O)O)ccc5cc4c3cc2c1. The first-order chi connectivity index (χ1) is 18.8. The molecule has 39 heavy (non-hydrogen) atoms. The van der Waals surface area contributed by atoms with Gasteiger partial charge in [-0.1, -0.05) is 18.2 Å². The molecule has 3 N–H and O–H groups in total. The zero-order valence-electron chi connectivity index (χ0n) is 20.2. The fourth-order valence-electron chi connectivity index (χ4n) is 5.63. The van der Waals surface area contributed by atoms with Crippen LogP contribution in [0, 0.1) is 0 Å². The Hall–Kier alpha value is -5.49. The summed E-state index contributed by atoms with van der Waals surface area (Å²) >= 11 is 0. The van der Waals surface area contributed by atoms with Gasteiger partial charge in [0.1, 0.15) is 0 Å². The van der Waals surface area contributed by atoms with Gasteiger partial charge >= 0.3 is 17.9 Å². The van der Waals surface area contributed by atoms with Crippen LogP contribution in [0.3, 0.4) is 0 Å². The lowest BCUT2D eigenvalue weighted by molar-refractivity contribution is 0.0686. The fourth-order valence-corrected chi connectivity index (χ4v) is 5.63. The molecule has 0 aromatic heterocycles. The van der Waals surface area contributed by atoms with Gasteiger partial charge in [-0.05, 0) is 137 Å². The van der Waals surface area contributed by atoms with E-state index in [9.17, 15) is 29.7 Å². The molecule has 0 amide bonds. The smallest absolute Gasteiger partial charge is 0.335 e. The summed E-state index contributed by atoms with van der Waals surface area (Å²) in [6.45, 7) is 0. The lowest BCUT2D eigenvalue weighted by Gasteiger charge is -2.15. The Labute approximate surface area is 219 Å². The van der Waals surface area contributed by atoms with Crippen molar-refractivity contribution in [3.8, 4) is 0 Å². The van der Waals surface area contributed by atoms with Crippen molar-refractivity contribution in [3.63, 3.8) is 0 Å². The second-order valence-corrected chi connectivity index (χ2v) is 9.79. The van der Waals surface area contributed by atoms with Crippen LogP contribution in [0.4, 0.5) is 0 Å². The number of carboxylic acids is 3. The van der Waals surface area contributed by atoms with E-state index in [-0.39, 0.29) is 16.7 Å². The van der Waals surface area contributed by atoms with Gasteiger partial charge in [0, 0.05) is 0 Å². The van der Waals surface area contributed by atoms with E-state index in [1.54, 1.807) is 48.5 Å². The van der Waals surface area contributed by atoms with Gasteiger partial charge in [0.15, 0.2) is 0 Å². The van der Waals surface area contributed by atoms with Crippen LogP contribution in [-0.2, 0) is 0 Å². The molecule has 0 atom stereocenters. The van der Waals surface area contributed by atoms with Crippen molar-refractivity contribution < 1.29 is 29.7 Å². The lowest BCUT2D eigenvalue weighted by atomic mass is 9.89. The predicted molar refractivity (Wildman–Crippen MR) is 152 cm³/mol. The standard InChI is InChI=1S/C33H18O6/c34-31(35)19-4-1-16-10-25-26-11-17-2-5-20(32(36)37)8-23(17)14-29(26)30-15-24-9-21(33(38)39)6-3-18(24)12-27(30)28(25)13-22(16)7-19/h1-15H,(H,34,35)(H,36,37)(H,38,39). The van der Waals surface area contributed by atoms with E-state index in [0.29, 0.717) is 0 Å². The molecule has 0 saturated carbocycles. The van der Waals surface area contributed by atoms with E-state index in [4.69, 9.17) is 0 Å². The largest absolute Gasteiger partial charge is 0.478 e. The van der Waals surface area contributed by atoms with Gasteiger partial charge in [-0.3, -0.25) is 0 Å². The topological polar surface area (TPSA) is 112 Å². The van der Waals surface area contributed by atoms with E-state index in [1.165, 1.54) is 0 Å². The van der Waals surface area contributed by atoms with Crippen molar-refractivity contribution in [3.05, 3.63) is 108 Å². The van der Waals surface area contributed by atoms with Gasteiger partial charge in [0.25, 0.3) is 0 Å². The summed E-state index contributed by atoms with van der Waals surface area (Å²) in [6, 6.07) is 27.2. The Morgan fingerprint density at radius 3 is 0.795 bits per heavy atom. The monoisotopic (exact) mass is 510 g/mol. The quantitative estimate of drug-likeness (QED) is 0.166. The molecular weight excluding hydrogens is 492 g/mol. The highest BCUT2D eigenvalue weighted by Crippen LogP contribution is 2.41. The minimum atomic E-state index is -1.01. The third kappa shape index (κ3) is 3.46. The number of hydrogen-bond acceptors (Lipinski definition) is 3. The van der Waals surface area contributed by atoms with Crippen molar-refractivity contribution in [1.82, 2.24) is 0 Å². The molecular formula is C33H18O6. The van der Waals surface area contributed by atoms with Crippen LogP contribution in [0.1, 0.15) is 31.1 Å². The normalized spacial score (nSPS) is 11.7. The van der Waals surface area contributed by atoms with Gasteiger partial charge in [0.05, 0.1) is 16.7 Å². The van der Waals surface area contributed by atoms with Crippen LogP contribution >= 0.6 is 0 Å². The van der Waals surface area contributed by atoms with E-state index >= 15 is 0 Å². The van der Waals surface area contributed by atoms with Crippen LogP contribution in [-0.4, -0.2) is 33.2 Å². The van der Waals surface area contributed by atoms with Gasteiger partial charge < -0.3 is 15.3 Å². The van der Waals surface area contributed by atoms with Crippen LogP contribution < -0.4 is 0 Å². The van der Waals surface area contributed by atoms with Gasteiger partial charge in [-0.2, -0.15) is 0 Å². The molecule has 0 aliphatic heterocycles. The maximum absolute atomic E-state index is 11.6. The Bertz CT molecular complexity index is 2260. The van der Waals surface area contributed by atoms with Crippen molar-refractivity contribution >= 4 is 82.5 Å². The number of rotatable bonds is 3. The maximum Gasteiger partial charge on any atom is 0.335 e. The van der Waals surface area contributed by atoms with Crippen molar-refractivity contribution in [2.75, 3.05) is 0 Å². The van der Waals surface area contributed by atoms with E-state index in [1.807, 2.05) is 36.4 Å². The van der Waals surface area contributed by atoms with Crippen LogP contribution in [0.2, 0.25) is 0 Å². The number of aromatic carboxylic acids is 3. The number of benzene rings is 7. The molecule has 7 aromatic carbocycles. The summed E-state index contributed by atoms with van der Waals surface area (Å²) in [7, 11) is 0. The molecule has 7 rings (SSSR count). The lowest BCUT2D eigenvalue weighted by Crippen LogP contribution is -1.96. The Morgan fingerprint density at radius 2 is 0.564 bits per heavy atom. The number of carboxylic acid groups (broad SMARTS) is 3. The third-order valence-electron chi connectivity index (χ3n) is 7.54. The first-order valence-corrected chi connectivity index (χ1v) is 12.2. The minimum Gasteiger partial charge on any atom is -0.478 e.